The van der Waals surface area contributed by atoms with Gasteiger partial charge in [-0.2, -0.15) is 0 Å². The van der Waals surface area contributed by atoms with Gasteiger partial charge in [-0.25, -0.2) is 9.59 Å². The molecule has 0 spiro atoms. The maximum absolute atomic E-state index is 11.6. The number of benzene rings is 1. The summed E-state index contributed by atoms with van der Waals surface area (Å²) < 4.78 is 0. The van der Waals surface area contributed by atoms with Crippen molar-refractivity contribution in [2.45, 2.75) is 6.92 Å². The van der Waals surface area contributed by atoms with Gasteiger partial charge < -0.3 is 21.1 Å². The summed E-state index contributed by atoms with van der Waals surface area (Å²) in [4.78, 5) is 33.6. The second-order valence-corrected chi connectivity index (χ2v) is 4.70. The molecule has 1 aromatic carbocycles. The van der Waals surface area contributed by atoms with E-state index in [1.165, 1.54) is 0 Å². The molecule has 7 nitrogen and oxygen atoms in total. The molecule has 0 aliphatic carbocycles. The number of carboxylic acid groups (broad SMARTS) is 1. The molecule has 9 heteroatoms. The summed E-state index contributed by atoms with van der Waals surface area (Å²) in [6, 6.07) is 1.64. The lowest BCUT2D eigenvalue weighted by molar-refractivity contribution is -0.119. The van der Waals surface area contributed by atoms with E-state index in [-0.39, 0.29) is 33.7 Å². The molecule has 4 N–H and O–H groups in total. The molecule has 3 amide bonds. The van der Waals surface area contributed by atoms with E-state index < -0.39 is 12.0 Å². The Kier molecular flexibility index (Phi) is 6.26. The Morgan fingerprint density at radius 1 is 1.14 bits per heavy atom. The molecule has 1 aromatic rings. The molecule has 21 heavy (non-hydrogen) atoms. The van der Waals surface area contributed by atoms with Crippen LogP contribution < -0.4 is 16.0 Å². The summed E-state index contributed by atoms with van der Waals surface area (Å²) in [6.45, 7) is 2.00. The number of likely N-dealkylation sites (N-methyl/N-ethyl adjacent to an activating group) is 1. The smallest absolute Gasteiger partial charge is 0.335 e. The first-order valence-corrected chi connectivity index (χ1v) is 6.64. The number of hydrogen-bond donors (Lipinski definition) is 4. The highest BCUT2D eigenvalue weighted by atomic mass is 35.5. The van der Waals surface area contributed by atoms with E-state index in [0.29, 0.717) is 6.54 Å². The largest absolute Gasteiger partial charge is 0.478 e. The molecule has 0 heterocycles. The number of amides is 3. The van der Waals surface area contributed by atoms with Gasteiger partial charge in [0.25, 0.3) is 0 Å². The number of nitrogens with one attached hydrogen (secondary N) is 3. The first-order chi connectivity index (χ1) is 9.85. The first-order valence-electron chi connectivity index (χ1n) is 5.89. The standard InChI is InChI=1S/C12H13Cl2N3O4/c1-2-15-9(18)5-16-12(21)17-10-7(13)3-6(11(19)20)4-8(10)14/h3-4H,2,5H2,1H3,(H,15,18)(H,19,20)(H2,16,17,21). The molecular weight excluding hydrogens is 321 g/mol. The molecule has 0 aromatic heterocycles. The van der Waals surface area contributed by atoms with Crippen LogP contribution >= 0.6 is 23.2 Å². The lowest BCUT2D eigenvalue weighted by Gasteiger charge is -2.11. The van der Waals surface area contributed by atoms with E-state index in [1.807, 2.05) is 0 Å². The molecule has 0 radical (unpaired) electrons. The zero-order valence-electron chi connectivity index (χ0n) is 11.0. The van der Waals surface area contributed by atoms with Crippen molar-refractivity contribution in [3.8, 4) is 0 Å². The normalized spacial score (nSPS) is 9.86. The van der Waals surface area contributed by atoms with Crippen molar-refractivity contribution < 1.29 is 19.5 Å². The van der Waals surface area contributed by atoms with Crippen LogP contribution in [0.1, 0.15) is 17.3 Å². The molecule has 0 saturated heterocycles. The van der Waals surface area contributed by atoms with Crippen LogP contribution in [0, 0.1) is 0 Å². The molecule has 1 rings (SSSR count). The SMILES string of the molecule is CCNC(=O)CNC(=O)Nc1c(Cl)cc(C(=O)O)cc1Cl. The zero-order chi connectivity index (χ0) is 16.0. The Hall–Kier alpha value is -1.99. The van der Waals surface area contributed by atoms with Crippen LogP contribution in [-0.4, -0.2) is 36.1 Å². The van der Waals surface area contributed by atoms with Crippen molar-refractivity contribution >= 4 is 46.8 Å². The molecular formula is C12H13Cl2N3O4. The zero-order valence-corrected chi connectivity index (χ0v) is 12.5. The van der Waals surface area contributed by atoms with Crippen LogP contribution in [0.25, 0.3) is 0 Å². The predicted molar refractivity (Wildman–Crippen MR) is 79.1 cm³/mol. The Morgan fingerprint density at radius 2 is 1.71 bits per heavy atom. The lowest BCUT2D eigenvalue weighted by Crippen LogP contribution is -2.38. The third-order valence-electron chi connectivity index (χ3n) is 2.31. The van der Waals surface area contributed by atoms with Crippen molar-refractivity contribution in [3.63, 3.8) is 0 Å². The molecule has 0 aliphatic heterocycles. The van der Waals surface area contributed by atoms with E-state index in [0.717, 1.165) is 12.1 Å². The molecule has 0 saturated carbocycles. The van der Waals surface area contributed by atoms with Crippen LogP contribution in [0.2, 0.25) is 10.0 Å². The van der Waals surface area contributed by atoms with Crippen molar-refractivity contribution in [2.75, 3.05) is 18.4 Å². The van der Waals surface area contributed by atoms with Gasteiger partial charge in [0.2, 0.25) is 5.91 Å². The highest BCUT2D eigenvalue weighted by molar-refractivity contribution is 6.40. The van der Waals surface area contributed by atoms with Crippen molar-refractivity contribution in [3.05, 3.63) is 27.7 Å². The van der Waals surface area contributed by atoms with E-state index >= 15 is 0 Å². The number of carbonyl (C=O) groups excluding carboxylic acids is 2. The Balaban J connectivity index is 2.72. The fraction of sp³-hybridized carbons (Fsp3) is 0.250. The summed E-state index contributed by atoms with van der Waals surface area (Å²) in [7, 11) is 0. The third-order valence-corrected chi connectivity index (χ3v) is 2.91. The summed E-state index contributed by atoms with van der Waals surface area (Å²) in [5.41, 5.74) is -0.0324. The van der Waals surface area contributed by atoms with Gasteiger partial charge in [0.15, 0.2) is 0 Å². The summed E-state index contributed by atoms with van der Waals surface area (Å²) in [6.07, 6.45) is 0. The minimum atomic E-state index is -1.19. The van der Waals surface area contributed by atoms with Crippen LogP contribution in [-0.2, 0) is 4.79 Å². The highest BCUT2D eigenvalue weighted by Gasteiger charge is 2.14. The lowest BCUT2D eigenvalue weighted by atomic mass is 10.2. The van der Waals surface area contributed by atoms with Crippen LogP contribution in [0.3, 0.4) is 0 Å². The Bertz CT molecular complexity index is 555. The molecule has 0 atom stereocenters. The molecule has 0 bridgehead atoms. The second kappa shape index (κ2) is 7.70. The van der Waals surface area contributed by atoms with Gasteiger partial charge in [0.1, 0.15) is 0 Å². The number of anilines is 1. The summed E-state index contributed by atoms with van der Waals surface area (Å²) >= 11 is 11.7. The minimum absolute atomic E-state index is 0.0203. The Morgan fingerprint density at radius 3 is 2.19 bits per heavy atom. The van der Waals surface area contributed by atoms with Gasteiger partial charge in [-0.1, -0.05) is 23.2 Å². The quantitative estimate of drug-likeness (QED) is 0.660. The number of urea groups is 1. The number of carboxylic acids is 1. The summed E-state index contributed by atoms with van der Waals surface area (Å²) in [5, 5.41) is 16.0. The van der Waals surface area contributed by atoms with Crippen LogP contribution in [0.15, 0.2) is 12.1 Å². The van der Waals surface area contributed by atoms with Gasteiger partial charge >= 0.3 is 12.0 Å². The Labute approximate surface area is 130 Å². The number of halogens is 2. The number of hydrogen-bond acceptors (Lipinski definition) is 3. The average molecular weight is 334 g/mol. The van der Waals surface area contributed by atoms with E-state index in [1.54, 1.807) is 6.92 Å². The fourth-order valence-electron chi connectivity index (χ4n) is 1.39. The summed E-state index contributed by atoms with van der Waals surface area (Å²) in [5.74, 6) is -1.53. The topological polar surface area (TPSA) is 108 Å². The van der Waals surface area contributed by atoms with E-state index in [2.05, 4.69) is 16.0 Å². The van der Waals surface area contributed by atoms with Crippen LogP contribution in [0.5, 0.6) is 0 Å². The number of rotatable bonds is 5. The number of carbonyl (C=O) groups is 3. The first kappa shape index (κ1) is 17.1. The highest BCUT2D eigenvalue weighted by Crippen LogP contribution is 2.31. The second-order valence-electron chi connectivity index (χ2n) is 3.88. The van der Waals surface area contributed by atoms with Crippen molar-refractivity contribution in [1.29, 1.82) is 0 Å². The van der Waals surface area contributed by atoms with E-state index in [9.17, 15) is 14.4 Å². The van der Waals surface area contributed by atoms with Crippen molar-refractivity contribution in [1.82, 2.24) is 10.6 Å². The monoisotopic (exact) mass is 333 g/mol. The number of aromatic carboxylic acids is 1. The average Bonchev–Trinajstić information content (AvgIpc) is 2.40. The molecule has 0 unspecified atom stereocenters. The van der Waals surface area contributed by atoms with Gasteiger partial charge in [0, 0.05) is 6.54 Å². The van der Waals surface area contributed by atoms with Crippen molar-refractivity contribution in [2.24, 2.45) is 0 Å². The molecule has 114 valence electrons. The van der Waals surface area contributed by atoms with Gasteiger partial charge in [-0.05, 0) is 19.1 Å². The fourth-order valence-corrected chi connectivity index (χ4v) is 1.98. The molecule has 0 aliphatic rings. The van der Waals surface area contributed by atoms with Gasteiger partial charge in [-0.15, -0.1) is 0 Å². The van der Waals surface area contributed by atoms with E-state index in [4.69, 9.17) is 28.3 Å². The maximum Gasteiger partial charge on any atom is 0.335 e. The molecule has 0 fully saturated rings. The van der Waals surface area contributed by atoms with Gasteiger partial charge in [0.05, 0.1) is 27.8 Å². The maximum atomic E-state index is 11.6. The predicted octanol–water partition coefficient (Wildman–Crippen LogP) is 1.95. The third kappa shape index (κ3) is 5.13. The van der Waals surface area contributed by atoms with Gasteiger partial charge in [-0.3, -0.25) is 4.79 Å². The minimum Gasteiger partial charge on any atom is -0.478 e. The van der Waals surface area contributed by atoms with Crippen LogP contribution in [0.4, 0.5) is 10.5 Å².